The molecule has 1 aromatic heterocycles. The van der Waals surface area contributed by atoms with Crippen LogP contribution in [0.25, 0.3) is 27.5 Å². The molecule has 0 radical (unpaired) electrons. The third kappa shape index (κ3) is 4.92. The second kappa shape index (κ2) is 8.40. The van der Waals surface area contributed by atoms with Crippen LogP contribution in [-0.4, -0.2) is 9.67 Å². The van der Waals surface area contributed by atoms with Gasteiger partial charge in [0.1, 0.15) is 5.75 Å². The molecule has 0 saturated carbocycles. The van der Waals surface area contributed by atoms with Crippen molar-refractivity contribution in [2.45, 2.75) is 98.8 Å². The molecule has 0 spiro atoms. The molecule has 0 unspecified atom stereocenters. The largest absolute Gasteiger partial charge is 0.506 e. The summed E-state index contributed by atoms with van der Waals surface area (Å²) >= 11 is 0. The van der Waals surface area contributed by atoms with Gasteiger partial charge in [0.2, 0.25) is 0 Å². The topological polar surface area (TPSA) is 25.2 Å². The Morgan fingerprint density at radius 2 is 1.03 bits per heavy atom. The molecule has 36 heavy (non-hydrogen) atoms. The van der Waals surface area contributed by atoms with Crippen LogP contribution in [0.15, 0.2) is 54.6 Å². The minimum atomic E-state index is -0.0156. The highest BCUT2D eigenvalue weighted by molar-refractivity contribution is 6.10. The number of hydrogen-bond acceptors (Lipinski definition) is 1. The molecule has 192 valence electrons. The van der Waals surface area contributed by atoms with E-state index in [0.717, 1.165) is 23.1 Å². The Morgan fingerprint density at radius 3 is 1.44 bits per heavy atom. The van der Waals surface area contributed by atoms with Crippen molar-refractivity contribution in [3.63, 3.8) is 0 Å². The van der Waals surface area contributed by atoms with E-state index in [1.165, 1.54) is 27.5 Å². The van der Waals surface area contributed by atoms with Crippen LogP contribution in [0.2, 0.25) is 0 Å². The van der Waals surface area contributed by atoms with Crippen LogP contribution in [0.5, 0.6) is 5.75 Å². The van der Waals surface area contributed by atoms with Crippen LogP contribution in [0.4, 0.5) is 0 Å². The first-order valence-corrected chi connectivity index (χ1v) is 13.3. The second-order valence-corrected chi connectivity index (χ2v) is 14.6. The molecule has 0 fully saturated rings. The molecule has 1 heterocycles. The average molecular weight is 484 g/mol. The highest BCUT2D eigenvalue weighted by Crippen LogP contribution is 2.42. The molecule has 2 heteroatoms. The van der Waals surface area contributed by atoms with Crippen molar-refractivity contribution < 1.29 is 5.11 Å². The molecular weight excluding hydrogens is 438 g/mol. The smallest absolute Gasteiger partial charge is 0.139 e. The number of hydrogen-bond donors (Lipinski definition) is 1. The summed E-state index contributed by atoms with van der Waals surface area (Å²) in [6.07, 6.45) is 1.06. The van der Waals surface area contributed by atoms with Gasteiger partial charge in [-0.25, -0.2) is 0 Å². The molecule has 0 bridgehead atoms. The molecule has 2 nitrogen and oxygen atoms in total. The maximum absolute atomic E-state index is 11.2. The lowest BCUT2D eigenvalue weighted by Gasteiger charge is -2.33. The van der Waals surface area contributed by atoms with Gasteiger partial charge in [-0.15, -0.1) is 0 Å². The zero-order valence-corrected chi connectivity index (χ0v) is 24.3. The van der Waals surface area contributed by atoms with Crippen LogP contribution in [0.1, 0.15) is 99.3 Å². The average Bonchev–Trinajstić information content (AvgIpc) is 3.04. The molecular formula is C34H45NO. The molecule has 3 aromatic carbocycles. The van der Waals surface area contributed by atoms with Gasteiger partial charge in [-0.2, -0.15) is 0 Å². The molecule has 0 atom stereocenters. The molecule has 1 N–H and O–H groups in total. The van der Waals surface area contributed by atoms with Crippen LogP contribution < -0.4 is 0 Å². The molecule has 0 amide bonds. The van der Waals surface area contributed by atoms with Crippen LogP contribution in [0, 0.1) is 5.41 Å². The summed E-state index contributed by atoms with van der Waals surface area (Å²) in [4.78, 5) is 0. The summed E-state index contributed by atoms with van der Waals surface area (Å²) in [5, 5.41) is 13.6. The number of aromatic hydroxyl groups is 1. The minimum absolute atomic E-state index is 0.0156. The summed E-state index contributed by atoms with van der Waals surface area (Å²) in [5.74, 6) is 0.309. The van der Waals surface area contributed by atoms with Crippen molar-refractivity contribution in [2.24, 2.45) is 5.41 Å². The Balaban J connectivity index is 2.05. The van der Waals surface area contributed by atoms with Gasteiger partial charge in [0.05, 0.1) is 16.7 Å². The third-order valence-corrected chi connectivity index (χ3v) is 7.47. The first kappa shape index (κ1) is 26.3. The third-order valence-electron chi connectivity index (χ3n) is 7.47. The summed E-state index contributed by atoms with van der Waals surface area (Å²) in [7, 11) is 0. The Hall–Kier alpha value is -2.74. The maximum atomic E-state index is 11.2. The fraction of sp³-hybridized carbons (Fsp3) is 0.471. The van der Waals surface area contributed by atoms with Crippen LogP contribution in [0.3, 0.4) is 0 Å². The van der Waals surface area contributed by atoms with E-state index in [4.69, 9.17) is 0 Å². The van der Waals surface area contributed by atoms with Crippen molar-refractivity contribution in [3.8, 4) is 11.4 Å². The number of benzene rings is 3. The van der Waals surface area contributed by atoms with Gasteiger partial charge in [-0.05, 0) is 81.2 Å². The van der Waals surface area contributed by atoms with Crippen molar-refractivity contribution in [1.82, 2.24) is 4.57 Å². The summed E-state index contributed by atoms with van der Waals surface area (Å²) in [6, 6.07) is 19.8. The van der Waals surface area contributed by atoms with E-state index in [-0.39, 0.29) is 21.7 Å². The molecule has 0 aliphatic rings. The van der Waals surface area contributed by atoms with Crippen LogP contribution in [-0.2, 0) is 16.2 Å². The van der Waals surface area contributed by atoms with Crippen molar-refractivity contribution >= 4 is 21.8 Å². The normalized spacial score (nSPS) is 13.6. The highest BCUT2D eigenvalue weighted by atomic mass is 16.3. The first-order chi connectivity index (χ1) is 16.4. The number of nitrogens with zero attached hydrogens (tertiary/aromatic N) is 1. The van der Waals surface area contributed by atoms with Gasteiger partial charge in [-0.1, -0.05) is 94.4 Å². The lowest BCUT2D eigenvalue weighted by Crippen LogP contribution is -2.25. The lowest BCUT2D eigenvalue weighted by atomic mass is 9.72. The number of rotatable bonds is 3. The predicted molar refractivity (Wildman–Crippen MR) is 157 cm³/mol. The van der Waals surface area contributed by atoms with Gasteiger partial charge < -0.3 is 9.67 Å². The van der Waals surface area contributed by atoms with E-state index < -0.39 is 0 Å². The SMILES string of the molecule is CC(C)(C)CC(C)(C)c1ccc(O)c(-n2c3ccc(C(C)(C)C)cc3c3cc(C(C)(C)C)ccc32)c1. The lowest BCUT2D eigenvalue weighted by molar-refractivity contribution is 0.284. The monoisotopic (exact) mass is 483 g/mol. The molecule has 0 aliphatic carbocycles. The zero-order valence-electron chi connectivity index (χ0n) is 24.3. The van der Waals surface area contributed by atoms with Gasteiger partial charge in [0, 0.05) is 10.8 Å². The Labute approximate surface area is 218 Å². The number of phenolic OH excluding ortho intramolecular Hbond substituents is 1. The zero-order chi connectivity index (χ0) is 26.8. The highest BCUT2D eigenvalue weighted by Gasteiger charge is 2.29. The molecule has 4 aromatic rings. The van der Waals surface area contributed by atoms with Gasteiger partial charge in [0.15, 0.2) is 0 Å². The van der Waals surface area contributed by atoms with E-state index in [2.05, 4.69) is 129 Å². The first-order valence-electron chi connectivity index (χ1n) is 13.3. The predicted octanol–water partition coefficient (Wildman–Crippen LogP) is 9.80. The van der Waals surface area contributed by atoms with Gasteiger partial charge in [0.25, 0.3) is 0 Å². The quantitative estimate of drug-likeness (QED) is 0.308. The van der Waals surface area contributed by atoms with Crippen molar-refractivity contribution in [3.05, 3.63) is 71.3 Å². The Bertz CT molecular complexity index is 1360. The standard InChI is InChI=1S/C34H45NO/c1-31(2,3)21-34(10,11)24-14-17-30(36)29(20-24)35-27-15-12-22(32(4,5)6)18-25(27)26-19-23(33(7,8)9)13-16-28(26)35/h12-20,36H,21H2,1-11H3. The number of aromatic nitrogens is 1. The summed E-state index contributed by atoms with van der Waals surface area (Å²) in [6.45, 7) is 25.1. The maximum Gasteiger partial charge on any atom is 0.139 e. The fourth-order valence-corrected chi connectivity index (χ4v) is 5.77. The van der Waals surface area contributed by atoms with Crippen molar-refractivity contribution in [1.29, 1.82) is 0 Å². The molecule has 4 rings (SSSR count). The van der Waals surface area contributed by atoms with E-state index in [9.17, 15) is 5.11 Å². The van der Waals surface area contributed by atoms with Gasteiger partial charge in [-0.3, -0.25) is 0 Å². The number of phenols is 1. The summed E-state index contributed by atoms with van der Waals surface area (Å²) < 4.78 is 2.26. The summed E-state index contributed by atoms with van der Waals surface area (Å²) in [5.41, 5.74) is 7.31. The second-order valence-electron chi connectivity index (χ2n) is 14.6. The molecule has 0 aliphatic heterocycles. The van der Waals surface area contributed by atoms with Crippen LogP contribution >= 0.6 is 0 Å². The minimum Gasteiger partial charge on any atom is -0.506 e. The Kier molecular flexibility index (Phi) is 6.14. The Morgan fingerprint density at radius 1 is 0.583 bits per heavy atom. The molecule has 0 saturated heterocycles. The van der Waals surface area contributed by atoms with E-state index in [0.29, 0.717) is 5.75 Å². The van der Waals surface area contributed by atoms with E-state index in [1.807, 2.05) is 6.07 Å². The fourth-order valence-electron chi connectivity index (χ4n) is 5.77. The van der Waals surface area contributed by atoms with Crippen molar-refractivity contribution in [2.75, 3.05) is 0 Å². The van der Waals surface area contributed by atoms with Gasteiger partial charge >= 0.3 is 0 Å². The van der Waals surface area contributed by atoms with E-state index >= 15 is 0 Å². The number of fused-ring (bicyclic) bond motifs is 3. The van der Waals surface area contributed by atoms with E-state index in [1.54, 1.807) is 0 Å².